The van der Waals surface area contributed by atoms with Gasteiger partial charge in [0, 0.05) is 36.8 Å². The lowest BCUT2D eigenvalue weighted by atomic mass is 9.96. The van der Waals surface area contributed by atoms with Crippen LogP contribution in [0.4, 0.5) is 5.69 Å². The molecule has 1 heterocycles. The number of hydrogen-bond acceptors (Lipinski definition) is 3. The molecule has 2 rings (SSSR count). The summed E-state index contributed by atoms with van der Waals surface area (Å²) in [6.07, 6.45) is 2.61. The van der Waals surface area contributed by atoms with Crippen LogP contribution in [0.25, 0.3) is 0 Å². The van der Waals surface area contributed by atoms with E-state index in [0.717, 1.165) is 19.3 Å². The Morgan fingerprint density at radius 1 is 1.11 bits per heavy atom. The van der Waals surface area contributed by atoms with Gasteiger partial charge in [0.1, 0.15) is 0 Å². The first kappa shape index (κ1) is 21.9. The van der Waals surface area contributed by atoms with E-state index >= 15 is 0 Å². The summed E-state index contributed by atoms with van der Waals surface area (Å²) in [6.45, 7) is 9.74. The van der Waals surface area contributed by atoms with Crippen LogP contribution in [0.1, 0.15) is 57.3 Å². The highest BCUT2D eigenvalue weighted by atomic mass is 16.2. The maximum Gasteiger partial charge on any atom is 0.253 e. The molecule has 1 aromatic rings. The van der Waals surface area contributed by atoms with Gasteiger partial charge in [-0.3, -0.25) is 14.4 Å². The number of piperidine rings is 1. The standard InChI is InChI=1S/C22H33N3O3/c1-15(2)11-12-23-21(27)18-6-5-13-25(14-18)22(28)17-7-9-19(10-8-17)24-20(26)16(3)4/h7-10,15-16,18H,5-6,11-14H2,1-4H3,(H,23,27)(H,24,26). The smallest absolute Gasteiger partial charge is 0.253 e. The van der Waals surface area contributed by atoms with Crippen LogP contribution in [0.15, 0.2) is 24.3 Å². The molecule has 0 bridgehead atoms. The van der Waals surface area contributed by atoms with Crippen molar-refractivity contribution in [1.29, 1.82) is 0 Å². The van der Waals surface area contributed by atoms with Crippen molar-refractivity contribution in [2.45, 2.75) is 47.0 Å². The predicted octanol–water partition coefficient (Wildman–Crippen LogP) is 3.30. The van der Waals surface area contributed by atoms with E-state index in [-0.39, 0.29) is 29.6 Å². The third kappa shape index (κ3) is 6.36. The Bertz CT molecular complexity index is 683. The van der Waals surface area contributed by atoms with E-state index in [1.807, 2.05) is 13.8 Å². The van der Waals surface area contributed by atoms with Crippen LogP contribution in [-0.2, 0) is 9.59 Å². The maximum absolute atomic E-state index is 12.8. The average Bonchev–Trinajstić information content (AvgIpc) is 2.67. The summed E-state index contributed by atoms with van der Waals surface area (Å²) in [7, 11) is 0. The molecule has 3 amide bonds. The van der Waals surface area contributed by atoms with Crippen LogP contribution in [0.2, 0.25) is 0 Å². The lowest BCUT2D eigenvalue weighted by molar-refractivity contribution is -0.126. The van der Waals surface area contributed by atoms with E-state index in [2.05, 4.69) is 24.5 Å². The number of benzene rings is 1. The Labute approximate surface area is 168 Å². The zero-order valence-corrected chi connectivity index (χ0v) is 17.5. The van der Waals surface area contributed by atoms with Gasteiger partial charge in [-0.05, 0) is 49.4 Å². The van der Waals surface area contributed by atoms with E-state index < -0.39 is 0 Å². The Hall–Kier alpha value is -2.37. The Balaban J connectivity index is 1.92. The molecule has 1 aliphatic rings. The molecule has 0 radical (unpaired) electrons. The van der Waals surface area contributed by atoms with Gasteiger partial charge in [-0.25, -0.2) is 0 Å². The topological polar surface area (TPSA) is 78.5 Å². The number of carbonyl (C=O) groups excluding carboxylic acids is 3. The third-order valence-electron chi connectivity index (χ3n) is 5.02. The predicted molar refractivity (Wildman–Crippen MR) is 111 cm³/mol. The van der Waals surface area contributed by atoms with Gasteiger partial charge in [0.25, 0.3) is 5.91 Å². The normalized spacial score (nSPS) is 16.9. The Morgan fingerprint density at radius 3 is 2.39 bits per heavy atom. The molecule has 1 aromatic carbocycles. The van der Waals surface area contributed by atoms with Crippen molar-refractivity contribution < 1.29 is 14.4 Å². The molecule has 6 heteroatoms. The number of amides is 3. The lowest BCUT2D eigenvalue weighted by Gasteiger charge is -2.32. The second-order valence-corrected chi connectivity index (χ2v) is 8.29. The zero-order valence-electron chi connectivity index (χ0n) is 17.5. The fourth-order valence-electron chi connectivity index (χ4n) is 3.17. The first-order valence-corrected chi connectivity index (χ1v) is 10.3. The van der Waals surface area contributed by atoms with Gasteiger partial charge in [-0.1, -0.05) is 27.7 Å². The Morgan fingerprint density at radius 2 is 1.79 bits per heavy atom. The highest BCUT2D eigenvalue weighted by molar-refractivity contribution is 5.96. The van der Waals surface area contributed by atoms with Crippen LogP contribution in [-0.4, -0.2) is 42.3 Å². The molecule has 0 aliphatic carbocycles. The van der Waals surface area contributed by atoms with Crippen LogP contribution in [0.5, 0.6) is 0 Å². The molecule has 1 unspecified atom stereocenters. The number of nitrogens with one attached hydrogen (secondary N) is 2. The molecule has 1 saturated heterocycles. The largest absolute Gasteiger partial charge is 0.356 e. The fraction of sp³-hybridized carbons (Fsp3) is 0.591. The molecule has 0 spiro atoms. The van der Waals surface area contributed by atoms with Crippen molar-refractivity contribution in [3.8, 4) is 0 Å². The minimum Gasteiger partial charge on any atom is -0.356 e. The van der Waals surface area contributed by atoms with Gasteiger partial charge in [0.05, 0.1) is 5.92 Å². The van der Waals surface area contributed by atoms with Gasteiger partial charge >= 0.3 is 0 Å². The first-order valence-electron chi connectivity index (χ1n) is 10.3. The first-order chi connectivity index (χ1) is 13.3. The Kier molecular flexibility index (Phi) is 8.03. The minimum absolute atomic E-state index is 0.0462. The number of anilines is 1. The van der Waals surface area contributed by atoms with Gasteiger partial charge in [-0.2, -0.15) is 0 Å². The molecule has 0 saturated carbocycles. The summed E-state index contributed by atoms with van der Waals surface area (Å²) in [6, 6.07) is 6.94. The maximum atomic E-state index is 12.8. The molecular formula is C22H33N3O3. The number of likely N-dealkylation sites (tertiary alicyclic amines) is 1. The number of hydrogen-bond donors (Lipinski definition) is 2. The van der Waals surface area contributed by atoms with E-state index in [9.17, 15) is 14.4 Å². The quantitative estimate of drug-likeness (QED) is 0.753. The van der Waals surface area contributed by atoms with Crippen LogP contribution in [0, 0.1) is 17.8 Å². The van der Waals surface area contributed by atoms with E-state index in [0.29, 0.717) is 36.8 Å². The SMILES string of the molecule is CC(C)CCNC(=O)C1CCCN(C(=O)c2ccc(NC(=O)C(C)C)cc2)C1. The van der Waals surface area contributed by atoms with Crippen LogP contribution >= 0.6 is 0 Å². The third-order valence-corrected chi connectivity index (χ3v) is 5.02. The lowest BCUT2D eigenvalue weighted by Crippen LogP contribution is -2.45. The van der Waals surface area contributed by atoms with Crippen molar-refractivity contribution in [2.24, 2.45) is 17.8 Å². The summed E-state index contributed by atoms with van der Waals surface area (Å²) in [4.78, 5) is 38.7. The molecular weight excluding hydrogens is 354 g/mol. The van der Waals surface area contributed by atoms with Crippen molar-refractivity contribution >= 4 is 23.4 Å². The van der Waals surface area contributed by atoms with Crippen molar-refractivity contribution in [1.82, 2.24) is 10.2 Å². The highest BCUT2D eigenvalue weighted by Gasteiger charge is 2.28. The molecule has 2 N–H and O–H groups in total. The summed E-state index contributed by atoms with van der Waals surface area (Å²) in [5.74, 6) is 0.235. The van der Waals surface area contributed by atoms with Gasteiger partial charge < -0.3 is 15.5 Å². The molecule has 1 atom stereocenters. The molecule has 1 aliphatic heterocycles. The molecule has 154 valence electrons. The van der Waals surface area contributed by atoms with Crippen molar-refractivity contribution in [3.05, 3.63) is 29.8 Å². The zero-order chi connectivity index (χ0) is 20.7. The second-order valence-electron chi connectivity index (χ2n) is 8.29. The summed E-state index contributed by atoms with van der Waals surface area (Å²) in [5.41, 5.74) is 1.25. The number of nitrogens with zero attached hydrogens (tertiary/aromatic N) is 1. The fourth-order valence-corrected chi connectivity index (χ4v) is 3.17. The molecule has 0 aromatic heterocycles. The van der Waals surface area contributed by atoms with Crippen molar-refractivity contribution in [3.63, 3.8) is 0 Å². The summed E-state index contributed by atoms with van der Waals surface area (Å²) >= 11 is 0. The summed E-state index contributed by atoms with van der Waals surface area (Å²) < 4.78 is 0. The van der Waals surface area contributed by atoms with Crippen LogP contribution in [0.3, 0.4) is 0 Å². The van der Waals surface area contributed by atoms with E-state index in [4.69, 9.17) is 0 Å². The van der Waals surface area contributed by atoms with Gasteiger partial charge in [0.2, 0.25) is 11.8 Å². The highest BCUT2D eigenvalue weighted by Crippen LogP contribution is 2.20. The average molecular weight is 388 g/mol. The molecule has 28 heavy (non-hydrogen) atoms. The summed E-state index contributed by atoms with van der Waals surface area (Å²) in [5, 5.41) is 5.82. The monoisotopic (exact) mass is 387 g/mol. The number of rotatable bonds is 7. The molecule has 1 fully saturated rings. The van der Waals surface area contributed by atoms with Crippen molar-refractivity contribution in [2.75, 3.05) is 25.0 Å². The second kappa shape index (κ2) is 10.2. The van der Waals surface area contributed by atoms with Gasteiger partial charge in [-0.15, -0.1) is 0 Å². The van der Waals surface area contributed by atoms with Crippen LogP contribution < -0.4 is 10.6 Å². The minimum atomic E-state index is -0.144. The molecule has 6 nitrogen and oxygen atoms in total. The van der Waals surface area contributed by atoms with Gasteiger partial charge in [0.15, 0.2) is 0 Å². The van der Waals surface area contributed by atoms with E-state index in [1.165, 1.54) is 0 Å². The number of carbonyl (C=O) groups is 3. The van der Waals surface area contributed by atoms with E-state index in [1.54, 1.807) is 29.2 Å².